The minimum absolute atomic E-state index is 0.536. The van der Waals surface area contributed by atoms with E-state index in [1.54, 1.807) is 11.3 Å². The number of fused-ring (bicyclic) bond motifs is 1. The molecule has 2 N–H and O–H groups in total. The molecule has 0 saturated heterocycles. The first kappa shape index (κ1) is 11.3. The second kappa shape index (κ2) is 4.48. The van der Waals surface area contributed by atoms with Crippen LogP contribution in [0.3, 0.4) is 0 Å². The number of aryl methyl sites for hydroxylation is 1. The molecule has 3 aromatic rings. The van der Waals surface area contributed by atoms with Crippen molar-refractivity contribution in [2.45, 2.75) is 13.5 Å². The number of rotatable bonds is 2. The molecule has 0 radical (unpaired) electrons. The van der Waals surface area contributed by atoms with Gasteiger partial charge in [-0.25, -0.2) is 4.98 Å². The van der Waals surface area contributed by atoms with E-state index in [9.17, 15) is 0 Å². The molecule has 0 bridgehead atoms. The van der Waals surface area contributed by atoms with Crippen molar-refractivity contribution in [2.24, 2.45) is 5.73 Å². The molecule has 2 aromatic heterocycles. The maximum atomic E-state index is 5.70. The number of thiazole rings is 1. The quantitative estimate of drug-likeness (QED) is 0.765. The summed E-state index contributed by atoms with van der Waals surface area (Å²) in [5.74, 6) is 0. The molecule has 90 valence electrons. The van der Waals surface area contributed by atoms with E-state index >= 15 is 0 Å². The topological polar surface area (TPSA) is 51.8 Å². The lowest BCUT2D eigenvalue weighted by atomic mass is 10.1. The zero-order valence-corrected chi connectivity index (χ0v) is 10.9. The van der Waals surface area contributed by atoms with Crippen LogP contribution in [0.1, 0.15) is 10.6 Å². The first-order valence-electron chi connectivity index (χ1n) is 5.80. The molecule has 0 fully saturated rings. The molecule has 18 heavy (non-hydrogen) atoms. The molecule has 3 rings (SSSR count). The number of aromatic nitrogens is 2. The third-order valence-corrected chi connectivity index (χ3v) is 4.14. The van der Waals surface area contributed by atoms with Gasteiger partial charge in [0.1, 0.15) is 10.7 Å². The molecular weight excluding hydrogens is 242 g/mol. The van der Waals surface area contributed by atoms with E-state index in [2.05, 4.69) is 22.1 Å². The largest absolute Gasteiger partial charge is 0.326 e. The Labute approximate surface area is 109 Å². The monoisotopic (exact) mass is 255 g/mol. The summed E-state index contributed by atoms with van der Waals surface area (Å²) in [6.45, 7) is 2.53. The van der Waals surface area contributed by atoms with E-state index in [4.69, 9.17) is 5.73 Å². The molecular formula is C14H13N3S. The first-order valence-corrected chi connectivity index (χ1v) is 6.61. The van der Waals surface area contributed by atoms with Crippen molar-refractivity contribution in [1.82, 2.24) is 9.97 Å². The molecule has 1 aromatic carbocycles. The molecule has 0 aliphatic rings. The van der Waals surface area contributed by atoms with Crippen molar-refractivity contribution in [3.8, 4) is 10.7 Å². The van der Waals surface area contributed by atoms with Crippen molar-refractivity contribution in [3.05, 3.63) is 47.1 Å². The van der Waals surface area contributed by atoms with Crippen LogP contribution in [0.4, 0.5) is 0 Å². The van der Waals surface area contributed by atoms with Gasteiger partial charge in [-0.2, -0.15) is 0 Å². The van der Waals surface area contributed by atoms with Crippen molar-refractivity contribution < 1.29 is 0 Å². The minimum atomic E-state index is 0.536. The summed E-state index contributed by atoms with van der Waals surface area (Å²) in [7, 11) is 0. The summed E-state index contributed by atoms with van der Waals surface area (Å²) in [4.78, 5) is 10.2. The lowest BCUT2D eigenvalue weighted by Gasteiger charge is -2.01. The molecule has 0 saturated carbocycles. The van der Waals surface area contributed by atoms with E-state index in [-0.39, 0.29) is 0 Å². The van der Waals surface area contributed by atoms with Crippen LogP contribution < -0.4 is 5.73 Å². The predicted molar refractivity (Wildman–Crippen MR) is 75.5 cm³/mol. The van der Waals surface area contributed by atoms with Gasteiger partial charge in [-0.15, -0.1) is 11.3 Å². The van der Waals surface area contributed by atoms with Gasteiger partial charge < -0.3 is 5.73 Å². The van der Waals surface area contributed by atoms with Crippen LogP contribution in [0.5, 0.6) is 0 Å². The lowest BCUT2D eigenvalue weighted by molar-refractivity contribution is 1.06. The highest BCUT2D eigenvalue weighted by atomic mass is 32.1. The second-order valence-electron chi connectivity index (χ2n) is 4.11. The zero-order chi connectivity index (χ0) is 12.5. The number of nitrogens with two attached hydrogens (primary N) is 1. The SMILES string of the molecule is Cc1nc(-c2nccc3ccccc23)sc1CN. The van der Waals surface area contributed by atoms with Gasteiger partial charge in [0.2, 0.25) is 0 Å². The maximum absolute atomic E-state index is 5.70. The number of benzene rings is 1. The van der Waals surface area contributed by atoms with Crippen molar-refractivity contribution in [1.29, 1.82) is 0 Å². The Hall–Kier alpha value is -1.78. The average molecular weight is 255 g/mol. The molecule has 0 amide bonds. The standard InChI is InChI=1S/C14H13N3S/c1-9-12(8-15)18-14(17-9)13-11-5-3-2-4-10(11)6-7-16-13/h2-7H,8,15H2,1H3. The summed E-state index contributed by atoms with van der Waals surface area (Å²) in [5.41, 5.74) is 7.66. The fourth-order valence-corrected chi connectivity index (χ4v) is 2.96. The van der Waals surface area contributed by atoms with E-state index < -0.39 is 0 Å². The van der Waals surface area contributed by atoms with E-state index in [0.29, 0.717) is 6.54 Å². The van der Waals surface area contributed by atoms with E-state index in [1.165, 1.54) is 5.39 Å². The van der Waals surface area contributed by atoms with Crippen LogP contribution >= 0.6 is 11.3 Å². The molecule has 4 heteroatoms. The normalized spacial score (nSPS) is 11.0. The number of nitrogens with zero attached hydrogens (tertiary/aromatic N) is 2. The number of hydrogen-bond acceptors (Lipinski definition) is 4. The average Bonchev–Trinajstić information content (AvgIpc) is 2.79. The van der Waals surface area contributed by atoms with Crippen LogP contribution in [0.25, 0.3) is 21.5 Å². The van der Waals surface area contributed by atoms with Gasteiger partial charge in [-0.3, -0.25) is 4.98 Å². The van der Waals surface area contributed by atoms with Gasteiger partial charge in [-0.05, 0) is 18.4 Å². The molecule has 0 atom stereocenters. The van der Waals surface area contributed by atoms with E-state index in [0.717, 1.165) is 26.7 Å². The van der Waals surface area contributed by atoms with E-state index in [1.807, 2.05) is 31.3 Å². The fraction of sp³-hybridized carbons (Fsp3) is 0.143. The third-order valence-electron chi connectivity index (χ3n) is 2.95. The number of hydrogen-bond donors (Lipinski definition) is 1. The molecule has 0 aliphatic carbocycles. The van der Waals surface area contributed by atoms with Gasteiger partial charge in [0, 0.05) is 23.0 Å². The Morgan fingerprint density at radius 2 is 2.06 bits per heavy atom. The smallest absolute Gasteiger partial charge is 0.143 e. The zero-order valence-electron chi connectivity index (χ0n) is 10.1. The molecule has 3 nitrogen and oxygen atoms in total. The molecule has 0 unspecified atom stereocenters. The Bertz CT molecular complexity index is 698. The first-order chi connectivity index (χ1) is 8.79. The van der Waals surface area contributed by atoms with Crippen LogP contribution in [0.2, 0.25) is 0 Å². The van der Waals surface area contributed by atoms with Crippen LogP contribution in [-0.4, -0.2) is 9.97 Å². The van der Waals surface area contributed by atoms with Gasteiger partial charge in [-0.1, -0.05) is 24.3 Å². The molecule has 0 aliphatic heterocycles. The second-order valence-corrected chi connectivity index (χ2v) is 5.20. The van der Waals surface area contributed by atoms with Crippen LogP contribution in [0, 0.1) is 6.92 Å². The lowest BCUT2D eigenvalue weighted by Crippen LogP contribution is -1.94. The highest BCUT2D eigenvalue weighted by molar-refractivity contribution is 7.15. The highest BCUT2D eigenvalue weighted by Crippen LogP contribution is 2.31. The Morgan fingerprint density at radius 3 is 2.83 bits per heavy atom. The maximum Gasteiger partial charge on any atom is 0.143 e. The Kier molecular flexibility index (Phi) is 2.81. The highest BCUT2D eigenvalue weighted by Gasteiger charge is 2.11. The Morgan fingerprint density at radius 1 is 1.22 bits per heavy atom. The summed E-state index contributed by atoms with van der Waals surface area (Å²) >= 11 is 1.63. The predicted octanol–water partition coefficient (Wildman–Crippen LogP) is 3.13. The summed E-state index contributed by atoms with van der Waals surface area (Å²) in [6, 6.07) is 10.2. The third kappa shape index (κ3) is 1.79. The number of pyridine rings is 1. The van der Waals surface area contributed by atoms with Gasteiger partial charge in [0.15, 0.2) is 0 Å². The molecule has 2 heterocycles. The summed E-state index contributed by atoms with van der Waals surface area (Å²) in [5, 5.41) is 3.27. The van der Waals surface area contributed by atoms with Gasteiger partial charge >= 0.3 is 0 Å². The van der Waals surface area contributed by atoms with Crippen LogP contribution in [0.15, 0.2) is 36.5 Å². The fourth-order valence-electron chi connectivity index (χ4n) is 2.01. The van der Waals surface area contributed by atoms with Gasteiger partial charge in [0.05, 0.1) is 5.69 Å². The van der Waals surface area contributed by atoms with Crippen molar-refractivity contribution in [2.75, 3.05) is 0 Å². The van der Waals surface area contributed by atoms with Crippen molar-refractivity contribution >= 4 is 22.1 Å². The summed E-state index contributed by atoms with van der Waals surface area (Å²) in [6.07, 6.45) is 1.83. The summed E-state index contributed by atoms with van der Waals surface area (Å²) < 4.78 is 0. The van der Waals surface area contributed by atoms with Crippen LogP contribution in [-0.2, 0) is 6.54 Å². The van der Waals surface area contributed by atoms with Crippen molar-refractivity contribution in [3.63, 3.8) is 0 Å². The van der Waals surface area contributed by atoms with Gasteiger partial charge in [0.25, 0.3) is 0 Å². The Balaban J connectivity index is 2.24. The minimum Gasteiger partial charge on any atom is -0.326 e. The molecule has 0 spiro atoms.